The first-order chi connectivity index (χ1) is 21.4. The topological polar surface area (TPSA) is 168 Å². The molecule has 4 rings (SSSR count). The predicted octanol–water partition coefficient (Wildman–Crippen LogP) is 3.82. The molecule has 0 unspecified atom stereocenters. The van der Waals surface area contributed by atoms with Crippen molar-refractivity contribution < 1.29 is 33.0 Å². The van der Waals surface area contributed by atoms with Gasteiger partial charge in [-0.3, -0.25) is 14.3 Å². The highest BCUT2D eigenvalue weighted by molar-refractivity contribution is 7.90. The van der Waals surface area contributed by atoms with E-state index in [0.717, 1.165) is 24.6 Å². The minimum Gasteiger partial charge on any atom is -0.479 e. The third-order valence-corrected chi connectivity index (χ3v) is 8.86. The Labute approximate surface area is 265 Å². The van der Waals surface area contributed by atoms with Crippen LogP contribution >= 0.6 is 11.6 Å². The van der Waals surface area contributed by atoms with Crippen molar-refractivity contribution in [3.8, 4) is 11.1 Å². The number of aromatic nitrogens is 2. The lowest BCUT2D eigenvalue weighted by atomic mass is 10.0. The molecule has 1 aromatic heterocycles. The second kappa shape index (κ2) is 14.5. The van der Waals surface area contributed by atoms with E-state index in [0.29, 0.717) is 34.7 Å². The second-order valence-electron chi connectivity index (χ2n) is 10.4. The van der Waals surface area contributed by atoms with Crippen LogP contribution < -0.4 is 10.0 Å². The average Bonchev–Trinajstić information content (AvgIpc) is 3.39. The zero-order chi connectivity index (χ0) is 32.7. The number of aliphatic hydroxyl groups is 1. The number of nitrogens with zero attached hydrogens (tertiary/aromatic N) is 2. The maximum absolute atomic E-state index is 13.3. The van der Waals surface area contributed by atoms with E-state index < -0.39 is 40.0 Å². The summed E-state index contributed by atoms with van der Waals surface area (Å²) in [6.07, 6.45) is -0.492. The largest absolute Gasteiger partial charge is 0.479 e. The highest BCUT2D eigenvalue weighted by Gasteiger charge is 2.29. The van der Waals surface area contributed by atoms with Crippen LogP contribution in [0.1, 0.15) is 47.6 Å². The number of halogens is 1. The lowest BCUT2D eigenvalue weighted by molar-refractivity contribution is -0.148. The molecule has 0 spiro atoms. The first kappa shape index (κ1) is 33.4. The molecule has 0 aliphatic heterocycles. The molecule has 4 N–H and O–H groups in total. The molecular weight excluding hydrogens is 620 g/mol. The van der Waals surface area contributed by atoms with Gasteiger partial charge in [0, 0.05) is 23.2 Å². The number of aliphatic carboxylic acids is 1. The van der Waals surface area contributed by atoms with Gasteiger partial charge in [0.1, 0.15) is 5.69 Å². The fourth-order valence-electron chi connectivity index (χ4n) is 4.86. The van der Waals surface area contributed by atoms with Crippen molar-refractivity contribution in [1.82, 2.24) is 19.8 Å². The average molecular weight is 653 g/mol. The first-order valence-corrected chi connectivity index (χ1v) is 16.0. The Hall–Kier alpha value is -4.52. The van der Waals surface area contributed by atoms with Crippen molar-refractivity contribution in [1.29, 1.82) is 0 Å². The van der Waals surface area contributed by atoms with Gasteiger partial charge in [-0.05, 0) is 47.7 Å². The number of aliphatic hydroxyl groups excluding tert-OH is 1. The molecule has 0 aliphatic rings. The molecule has 236 valence electrons. The maximum atomic E-state index is 13.3. The van der Waals surface area contributed by atoms with Crippen LogP contribution in [-0.4, -0.2) is 58.3 Å². The van der Waals surface area contributed by atoms with Gasteiger partial charge in [-0.25, -0.2) is 17.9 Å². The van der Waals surface area contributed by atoms with Crippen LogP contribution in [0.15, 0.2) is 83.8 Å². The van der Waals surface area contributed by atoms with Crippen LogP contribution in [0.3, 0.4) is 0 Å². The first-order valence-electron chi connectivity index (χ1n) is 14.1. The number of carbonyl (C=O) groups is 3. The van der Waals surface area contributed by atoms with Crippen LogP contribution in [0.2, 0.25) is 5.02 Å². The molecule has 0 saturated carbocycles. The monoisotopic (exact) mass is 652 g/mol. The number of carbonyl (C=O) groups excluding carboxylic acids is 2. The molecular formula is C32H33ClN4O7S. The Morgan fingerprint density at radius 3 is 2.31 bits per heavy atom. The number of carboxylic acid groups (broad SMARTS) is 1. The Morgan fingerprint density at radius 2 is 1.67 bits per heavy atom. The molecule has 4 aromatic rings. The second-order valence-corrected chi connectivity index (χ2v) is 12.5. The van der Waals surface area contributed by atoms with E-state index in [1.165, 1.54) is 6.07 Å². The summed E-state index contributed by atoms with van der Waals surface area (Å²) in [7, 11) is -4.06. The van der Waals surface area contributed by atoms with Gasteiger partial charge in [0.15, 0.2) is 6.10 Å². The minimum atomic E-state index is -4.06. The van der Waals surface area contributed by atoms with Crippen LogP contribution in [0.25, 0.3) is 11.1 Å². The molecule has 2 atom stereocenters. The van der Waals surface area contributed by atoms with Gasteiger partial charge in [0.2, 0.25) is 5.91 Å². The molecule has 0 aliphatic carbocycles. The zero-order valence-electron chi connectivity index (χ0n) is 24.6. The number of hydrogen-bond donors (Lipinski definition) is 4. The molecule has 45 heavy (non-hydrogen) atoms. The highest BCUT2D eigenvalue weighted by atomic mass is 35.5. The van der Waals surface area contributed by atoms with Gasteiger partial charge in [0.05, 0.1) is 17.5 Å². The van der Waals surface area contributed by atoms with E-state index in [-0.39, 0.29) is 17.0 Å². The van der Waals surface area contributed by atoms with Crippen molar-refractivity contribution in [3.63, 3.8) is 0 Å². The summed E-state index contributed by atoms with van der Waals surface area (Å²) in [5, 5.41) is 27.3. The SMILES string of the molecule is CCCc1cc(C(=O)N[C@H](Cc2ccccc2Cl)[C@@H](O)C(=O)O)nn1Cc1ccc(-c2ccccc2S(=O)(=O)NC(C)=O)cc1. The van der Waals surface area contributed by atoms with Gasteiger partial charge in [-0.1, -0.05) is 85.6 Å². The normalized spacial score (nSPS) is 12.7. The van der Waals surface area contributed by atoms with E-state index in [2.05, 4.69) is 10.4 Å². The molecule has 3 aromatic carbocycles. The number of carboxylic acids is 1. The Kier molecular flexibility index (Phi) is 10.8. The van der Waals surface area contributed by atoms with Crippen LogP contribution in [0.5, 0.6) is 0 Å². The smallest absolute Gasteiger partial charge is 0.334 e. The van der Waals surface area contributed by atoms with Gasteiger partial charge in [-0.2, -0.15) is 5.10 Å². The fraction of sp³-hybridized carbons (Fsp3) is 0.250. The summed E-state index contributed by atoms with van der Waals surface area (Å²) in [4.78, 5) is 36.3. The zero-order valence-corrected chi connectivity index (χ0v) is 26.2. The quantitative estimate of drug-likeness (QED) is 0.169. The number of amides is 2. The van der Waals surface area contributed by atoms with Crippen molar-refractivity contribution >= 4 is 39.4 Å². The van der Waals surface area contributed by atoms with Gasteiger partial charge in [-0.15, -0.1) is 0 Å². The molecule has 0 bridgehead atoms. The van der Waals surface area contributed by atoms with E-state index in [1.54, 1.807) is 65.3 Å². The van der Waals surface area contributed by atoms with Crippen molar-refractivity contribution in [2.45, 2.75) is 56.7 Å². The number of nitrogens with one attached hydrogen (secondary N) is 2. The highest BCUT2D eigenvalue weighted by Crippen LogP contribution is 2.28. The Balaban J connectivity index is 1.56. The third-order valence-electron chi connectivity index (χ3n) is 7.00. The third kappa shape index (κ3) is 8.35. The summed E-state index contributed by atoms with van der Waals surface area (Å²) in [5.74, 6) is -2.82. The standard InChI is InChI=1S/C32H33ClN4O7S/c1-3-8-24-18-28(31(40)34-27(30(39)32(41)42)17-23-9-4-6-11-26(23)33)35-37(24)19-21-13-15-22(16-14-21)25-10-5-7-12-29(25)45(43,44)36-20(2)38/h4-7,9-16,18,27,30,39H,3,8,17,19H2,1-2H3,(H,34,40)(H,36,38)(H,41,42)/t27-,30-/m1/s1. The van der Waals surface area contributed by atoms with E-state index >= 15 is 0 Å². The van der Waals surface area contributed by atoms with Crippen LogP contribution in [0, 0.1) is 0 Å². The Morgan fingerprint density at radius 1 is 1.00 bits per heavy atom. The molecule has 1 heterocycles. The van der Waals surface area contributed by atoms with E-state index in [9.17, 15) is 33.0 Å². The van der Waals surface area contributed by atoms with Crippen molar-refractivity contribution in [2.24, 2.45) is 0 Å². The van der Waals surface area contributed by atoms with Gasteiger partial charge in [0.25, 0.3) is 15.9 Å². The van der Waals surface area contributed by atoms with Crippen LogP contribution in [0.4, 0.5) is 0 Å². The van der Waals surface area contributed by atoms with Crippen molar-refractivity contribution in [2.75, 3.05) is 0 Å². The summed E-state index contributed by atoms with van der Waals surface area (Å²) in [5.41, 5.74) is 3.29. The maximum Gasteiger partial charge on any atom is 0.334 e. The number of hydrogen-bond acceptors (Lipinski definition) is 7. The molecule has 2 amide bonds. The predicted molar refractivity (Wildman–Crippen MR) is 168 cm³/mol. The van der Waals surface area contributed by atoms with Gasteiger partial charge < -0.3 is 15.5 Å². The van der Waals surface area contributed by atoms with Gasteiger partial charge >= 0.3 is 5.97 Å². The lowest BCUT2D eigenvalue weighted by Crippen LogP contribution is -2.48. The number of benzene rings is 3. The molecule has 0 saturated heterocycles. The number of aryl methyl sites for hydroxylation is 1. The summed E-state index contributed by atoms with van der Waals surface area (Å²) in [6, 6.07) is 20.8. The van der Waals surface area contributed by atoms with E-state index in [4.69, 9.17) is 11.6 Å². The summed E-state index contributed by atoms with van der Waals surface area (Å²) < 4.78 is 29.1. The van der Waals surface area contributed by atoms with Crippen molar-refractivity contribution in [3.05, 3.63) is 106 Å². The Bertz CT molecular complexity index is 1810. The number of sulfonamides is 1. The molecule has 0 radical (unpaired) electrons. The minimum absolute atomic E-state index is 0.0109. The molecule has 13 heteroatoms. The number of rotatable bonds is 13. The van der Waals surface area contributed by atoms with Crippen LogP contribution in [-0.2, 0) is 39.0 Å². The lowest BCUT2D eigenvalue weighted by Gasteiger charge is -2.21. The summed E-state index contributed by atoms with van der Waals surface area (Å²) >= 11 is 6.23. The molecule has 11 nitrogen and oxygen atoms in total. The summed E-state index contributed by atoms with van der Waals surface area (Å²) in [6.45, 7) is 3.42. The fourth-order valence-corrected chi connectivity index (χ4v) is 6.30. The van der Waals surface area contributed by atoms with E-state index in [1.807, 2.05) is 23.8 Å². The molecule has 0 fully saturated rings.